The molecule has 4 heteroatoms. The maximum absolute atomic E-state index is 5.90. The van der Waals surface area contributed by atoms with E-state index in [-0.39, 0.29) is 0 Å². The summed E-state index contributed by atoms with van der Waals surface area (Å²) in [6, 6.07) is 14.7. The van der Waals surface area contributed by atoms with Gasteiger partial charge in [-0.2, -0.15) is 0 Å². The molecule has 0 amide bonds. The summed E-state index contributed by atoms with van der Waals surface area (Å²) in [6.45, 7) is 1.45. The van der Waals surface area contributed by atoms with Gasteiger partial charge in [0.2, 0.25) is 0 Å². The van der Waals surface area contributed by atoms with Crippen LogP contribution in [0.3, 0.4) is 0 Å². The zero-order valence-electron chi connectivity index (χ0n) is 13.7. The fourth-order valence-electron chi connectivity index (χ4n) is 3.08. The van der Waals surface area contributed by atoms with E-state index in [0.717, 1.165) is 27.4 Å². The molecular weight excluding hydrogens is 386 g/mol. The van der Waals surface area contributed by atoms with Crippen LogP contribution >= 0.6 is 27.5 Å². The van der Waals surface area contributed by atoms with Crippen LogP contribution in [0.5, 0.6) is 5.75 Å². The third kappa shape index (κ3) is 5.23. The molecule has 2 aromatic carbocycles. The Hall–Kier alpha value is -1.03. The quantitative estimate of drug-likeness (QED) is 0.623. The first-order chi connectivity index (χ1) is 11.7. The Morgan fingerprint density at radius 3 is 2.42 bits per heavy atom. The number of ether oxygens (including phenoxy) is 1. The number of hydrogen-bond acceptors (Lipinski definition) is 2. The van der Waals surface area contributed by atoms with Crippen LogP contribution in [0.4, 0.5) is 0 Å². The van der Waals surface area contributed by atoms with Gasteiger partial charge in [-0.15, -0.1) is 0 Å². The molecule has 1 saturated carbocycles. The summed E-state index contributed by atoms with van der Waals surface area (Å²) < 4.78 is 6.90. The molecule has 0 saturated heterocycles. The largest absolute Gasteiger partial charge is 0.488 e. The van der Waals surface area contributed by atoms with E-state index in [4.69, 9.17) is 16.3 Å². The first-order valence-corrected chi connectivity index (χ1v) is 9.77. The van der Waals surface area contributed by atoms with E-state index >= 15 is 0 Å². The molecule has 1 fully saturated rings. The van der Waals surface area contributed by atoms with Crippen molar-refractivity contribution in [2.75, 3.05) is 0 Å². The third-order valence-corrected chi connectivity index (χ3v) is 5.38. The highest BCUT2D eigenvalue weighted by Crippen LogP contribution is 2.27. The van der Waals surface area contributed by atoms with E-state index in [9.17, 15) is 0 Å². The molecular formula is C20H23BrClNO. The molecule has 24 heavy (non-hydrogen) atoms. The number of halogens is 2. The summed E-state index contributed by atoms with van der Waals surface area (Å²) in [5, 5.41) is 4.42. The molecule has 1 N–H and O–H groups in total. The van der Waals surface area contributed by atoms with Crippen LogP contribution in [-0.2, 0) is 13.2 Å². The lowest BCUT2D eigenvalue weighted by Gasteiger charge is -2.23. The Bertz CT molecular complexity index is 653. The average molecular weight is 409 g/mol. The average Bonchev–Trinajstić information content (AvgIpc) is 2.61. The van der Waals surface area contributed by atoms with Gasteiger partial charge < -0.3 is 10.1 Å². The van der Waals surface area contributed by atoms with Gasteiger partial charge in [-0.25, -0.2) is 0 Å². The minimum Gasteiger partial charge on any atom is -0.488 e. The van der Waals surface area contributed by atoms with Crippen molar-refractivity contribution in [3.63, 3.8) is 0 Å². The van der Waals surface area contributed by atoms with Crippen molar-refractivity contribution in [1.82, 2.24) is 5.32 Å². The molecule has 0 unspecified atom stereocenters. The van der Waals surface area contributed by atoms with Crippen molar-refractivity contribution in [2.24, 2.45) is 0 Å². The van der Waals surface area contributed by atoms with E-state index in [1.54, 1.807) is 0 Å². The van der Waals surface area contributed by atoms with Crippen LogP contribution in [0, 0.1) is 0 Å². The minimum atomic E-state index is 0.537. The lowest BCUT2D eigenvalue weighted by atomic mass is 9.95. The molecule has 3 rings (SSSR count). The maximum atomic E-state index is 5.90. The summed E-state index contributed by atoms with van der Waals surface area (Å²) in [4.78, 5) is 0. The topological polar surface area (TPSA) is 21.3 Å². The summed E-state index contributed by atoms with van der Waals surface area (Å²) in [6.07, 6.45) is 6.73. The van der Waals surface area contributed by atoms with Gasteiger partial charge in [-0.05, 0) is 64.2 Å². The Balaban J connectivity index is 1.52. The highest BCUT2D eigenvalue weighted by Gasteiger charge is 2.12. The molecule has 0 atom stereocenters. The summed E-state index contributed by atoms with van der Waals surface area (Å²) in [5.74, 6) is 0.867. The molecule has 128 valence electrons. The second kappa shape index (κ2) is 8.89. The van der Waals surface area contributed by atoms with E-state index in [1.165, 1.54) is 37.7 Å². The molecule has 0 radical (unpaired) electrons. The fourth-order valence-corrected chi connectivity index (χ4v) is 3.75. The van der Waals surface area contributed by atoms with E-state index in [1.807, 2.05) is 30.3 Å². The van der Waals surface area contributed by atoms with Crippen molar-refractivity contribution in [3.8, 4) is 5.75 Å². The standard InChI is InChI=1S/C20H23BrClNO/c21-19-12-16(13-23-18-4-2-1-3-5-18)8-11-20(19)24-14-15-6-9-17(22)10-7-15/h6-12,18,23H,1-5,13-14H2. The zero-order valence-corrected chi connectivity index (χ0v) is 16.1. The zero-order chi connectivity index (χ0) is 16.8. The molecule has 1 aliphatic carbocycles. The Kier molecular flexibility index (Phi) is 6.59. The number of nitrogens with one attached hydrogen (secondary N) is 1. The van der Waals surface area contributed by atoms with Crippen LogP contribution in [0.2, 0.25) is 5.02 Å². The van der Waals surface area contributed by atoms with Crippen molar-refractivity contribution in [1.29, 1.82) is 0 Å². The fraction of sp³-hybridized carbons (Fsp3) is 0.400. The normalized spacial score (nSPS) is 15.4. The highest BCUT2D eigenvalue weighted by atomic mass is 79.9. The molecule has 0 aliphatic heterocycles. The Labute approximate surface area is 157 Å². The first kappa shape index (κ1) is 17.8. The summed E-state index contributed by atoms with van der Waals surface area (Å²) >= 11 is 9.53. The van der Waals surface area contributed by atoms with Gasteiger partial charge in [0.1, 0.15) is 12.4 Å². The Morgan fingerprint density at radius 1 is 1.00 bits per heavy atom. The predicted octanol–water partition coefficient (Wildman–Crippen LogP) is 6.10. The van der Waals surface area contributed by atoms with Gasteiger partial charge in [0.15, 0.2) is 0 Å². The molecule has 0 heterocycles. The second-order valence-corrected chi connectivity index (χ2v) is 7.69. The van der Waals surface area contributed by atoms with Crippen LogP contribution in [0.1, 0.15) is 43.2 Å². The number of hydrogen-bond donors (Lipinski definition) is 1. The molecule has 1 aliphatic rings. The number of benzene rings is 2. The van der Waals surface area contributed by atoms with E-state index in [0.29, 0.717) is 12.6 Å². The van der Waals surface area contributed by atoms with Crippen LogP contribution < -0.4 is 10.1 Å². The van der Waals surface area contributed by atoms with Crippen molar-refractivity contribution in [2.45, 2.75) is 51.3 Å². The highest BCUT2D eigenvalue weighted by molar-refractivity contribution is 9.10. The Morgan fingerprint density at radius 2 is 1.71 bits per heavy atom. The van der Waals surface area contributed by atoms with Gasteiger partial charge in [0.25, 0.3) is 0 Å². The van der Waals surface area contributed by atoms with Gasteiger partial charge >= 0.3 is 0 Å². The number of rotatable bonds is 6. The van der Waals surface area contributed by atoms with Gasteiger partial charge in [-0.3, -0.25) is 0 Å². The molecule has 0 spiro atoms. The monoisotopic (exact) mass is 407 g/mol. The van der Waals surface area contributed by atoms with Crippen molar-refractivity contribution in [3.05, 3.63) is 63.1 Å². The lowest BCUT2D eigenvalue weighted by molar-refractivity contribution is 0.304. The molecule has 0 aromatic heterocycles. The van der Waals surface area contributed by atoms with E-state index < -0.39 is 0 Å². The third-order valence-electron chi connectivity index (χ3n) is 4.50. The van der Waals surface area contributed by atoms with Crippen molar-refractivity contribution < 1.29 is 4.74 Å². The molecule has 2 nitrogen and oxygen atoms in total. The smallest absolute Gasteiger partial charge is 0.134 e. The van der Waals surface area contributed by atoms with Gasteiger partial charge in [0.05, 0.1) is 4.47 Å². The summed E-state index contributed by atoms with van der Waals surface area (Å²) in [7, 11) is 0. The van der Waals surface area contributed by atoms with Crippen LogP contribution in [-0.4, -0.2) is 6.04 Å². The maximum Gasteiger partial charge on any atom is 0.134 e. The molecule has 0 bridgehead atoms. The lowest BCUT2D eigenvalue weighted by Crippen LogP contribution is -2.30. The van der Waals surface area contributed by atoms with Crippen LogP contribution in [0.25, 0.3) is 0 Å². The van der Waals surface area contributed by atoms with Crippen molar-refractivity contribution >= 4 is 27.5 Å². The first-order valence-electron chi connectivity index (χ1n) is 8.60. The van der Waals surface area contributed by atoms with Crippen LogP contribution in [0.15, 0.2) is 46.9 Å². The molecule has 2 aromatic rings. The minimum absolute atomic E-state index is 0.537. The van der Waals surface area contributed by atoms with Gasteiger partial charge in [0, 0.05) is 17.6 Å². The van der Waals surface area contributed by atoms with Gasteiger partial charge in [-0.1, -0.05) is 49.1 Å². The SMILES string of the molecule is Clc1ccc(COc2ccc(CNC3CCCCC3)cc2Br)cc1. The predicted molar refractivity (Wildman–Crippen MR) is 104 cm³/mol. The van der Waals surface area contributed by atoms with E-state index in [2.05, 4.69) is 33.4 Å². The second-order valence-electron chi connectivity index (χ2n) is 6.40. The summed E-state index contributed by atoms with van der Waals surface area (Å²) in [5.41, 5.74) is 2.39.